The lowest BCUT2D eigenvalue weighted by molar-refractivity contribution is -0.143. The molecule has 1 aliphatic heterocycles. The number of pyridine rings is 1. The smallest absolute Gasteiger partial charge is 0.434 e. The monoisotopic (exact) mass is 608 g/mol. The van der Waals surface area contributed by atoms with Crippen molar-refractivity contribution in [1.82, 2.24) is 19.7 Å². The predicted molar refractivity (Wildman–Crippen MR) is 144 cm³/mol. The minimum absolute atomic E-state index is 0.0130. The number of halogens is 7. The van der Waals surface area contributed by atoms with Crippen LogP contribution in [0.25, 0.3) is 28.2 Å². The molecule has 0 spiro atoms. The topological polar surface area (TPSA) is 71.2 Å². The molecule has 5 rings (SSSR count). The zero-order chi connectivity index (χ0) is 30.2. The van der Waals surface area contributed by atoms with Crippen LogP contribution in [-0.4, -0.2) is 56.6 Å². The Morgan fingerprint density at radius 3 is 2.40 bits per heavy atom. The second-order valence-corrected chi connectivity index (χ2v) is 10.3. The maximum Gasteiger partial charge on any atom is 0.434 e. The molecule has 2 aromatic carbocycles. The molecular weight excluding hydrogens is 586 g/mol. The maximum atomic E-state index is 13.8. The second-order valence-electron chi connectivity index (χ2n) is 9.94. The molecule has 0 amide bonds. The highest BCUT2D eigenvalue weighted by Crippen LogP contribution is 2.38. The van der Waals surface area contributed by atoms with Crippen molar-refractivity contribution in [2.75, 3.05) is 19.6 Å². The van der Waals surface area contributed by atoms with Gasteiger partial charge in [-0.05, 0) is 53.8 Å². The Morgan fingerprint density at radius 2 is 1.74 bits per heavy atom. The Labute approximate surface area is 241 Å². The van der Waals surface area contributed by atoms with E-state index in [1.807, 2.05) is 12.1 Å². The van der Waals surface area contributed by atoms with Crippen LogP contribution >= 0.6 is 11.6 Å². The van der Waals surface area contributed by atoms with E-state index in [1.54, 1.807) is 41.3 Å². The molecule has 1 fully saturated rings. The van der Waals surface area contributed by atoms with Gasteiger partial charge in [-0.15, -0.1) is 0 Å². The standard InChI is InChI=1S/C29H23ClF6N4O2/c30-23-14-17(8-9-20(23)18-10-12-39(16-18)13-11-28(31,32)33)19-4-1-2-5-21(19)24-6-3-7-25(38-24)40-26(29(34,35)36)22(15-37-40)27(41)42/h1-9,14-15,18H,10-13,16H2,(H,41,42)/t18-/m0/s1. The average molecular weight is 609 g/mol. The van der Waals surface area contributed by atoms with E-state index in [4.69, 9.17) is 11.6 Å². The fourth-order valence-electron chi connectivity index (χ4n) is 5.20. The first-order chi connectivity index (χ1) is 19.8. The van der Waals surface area contributed by atoms with Gasteiger partial charge >= 0.3 is 18.3 Å². The minimum atomic E-state index is -4.99. The van der Waals surface area contributed by atoms with Crippen LogP contribution in [0.3, 0.4) is 0 Å². The van der Waals surface area contributed by atoms with Gasteiger partial charge in [0.1, 0.15) is 5.56 Å². The van der Waals surface area contributed by atoms with Gasteiger partial charge in [-0.25, -0.2) is 14.5 Å². The molecule has 42 heavy (non-hydrogen) atoms. The molecule has 0 bridgehead atoms. The molecule has 13 heteroatoms. The number of nitrogens with zero attached hydrogens (tertiary/aromatic N) is 4. The largest absolute Gasteiger partial charge is 0.478 e. The molecule has 0 aliphatic carbocycles. The zero-order valence-corrected chi connectivity index (χ0v) is 22.5. The van der Waals surface area contributed by atoms with Crippen molar-refractivity contribution < 1.29 is 36.2 Å². The van der Waals surface area contributed by atoms with Gasteiger partial charge in [0, 0.05) is 23.7 Å². The summed E-state index contributed by atoms with van der Waals surface area (Å²) in [5.74, 6) is -1.99. The van der Waals surface area contributed by atoms with Crippen molar-refractivity contribution in [2.24, 2.45) is 0 Å². The number of likely N-dealkylation sites (tertiary alicyclic amines) is 1. The third-order valence-electron chi connectivity index (χ3n) is 7.16. The van der Waals surface area contributed by atoms with Crippen LogP contribution in [0, 0.1) is 0 Å². The minimum Gasteiger partial charge on any atom is -0.478 e. The summed E-state index contributed by atoms with van der Waals surface area (Å²) in [6, 6.07) is 16.9. The number of carboxylic acid groups (broad SMARTS) is 1. The van der Waals surface area contributed by atoms with E-state index in [1.165, 1.54) is 12.1 Å². The Kier molecular flexibility index (Phi) is 8.04. The summed E-state index contributed by atoms with van der Waals surface area (Å²) >= 11 is 6.67. The highest BCUT2D eigenvalue weighted by Gasteiger charge is 2.41. The summed E-state index contributed by atoms with van der Waals surface area (Å²) in [5.41, 5.74) is 0.703. The van der Waals surface area contributed by atoms with Crippen molar-refractivity contribution in [3.63, 3.8) is 0 Å². The fraction of sp³-hybridized carbons (Fsp3) is 0.276. The number of aromatic carboxylic acids is 1. The molecule has 0 saturated carbocycles. The van der Waals surface area contributed by atoms with Gasteiger partial charge in [0.2, 0.25) is 0 Å². The molecule has 1 aliphatic rings. The lowest BCUT2D eigenvalue weighted by atomic mass is 9.93. The summed E-state index contributed by atoms with van der Waals surface area (Å²) in [6.07, 6.45) is -8.75. The fourth-order valence-corrected chi connectivity index (χ4v) is 5.54. The van der Waals surface area contributed by atoms with Crippen LogP contribution in [0.1, 0.15) is 40.4 Å². The van der Waals surface area contributed by atoms with E-state index in [0.717, 1.165) is 5.56 Å². The highest BCUT2D eigenvalue weighted by molar-refractivity contribution is 6.31. The lowest BCUT2D eigenvalue weighted by Crippen LogP contribution is -2.26. The van der Waals surface area contributed by atoms with Crippen LogP contribution in [-0.2, 0) is 6.18 Å². The molecule has 1 N–H and O–H groups in total. The van der Waals surface area contributed by atoms with Crippen LogP contribution in [0.5, 0.6) is 0 Å². The van der Waals surface area contributed by atoms with Gasteiger partial charge in [-0.3, -0.25) is 0 Å². The number of carboxylic acids is 1. The van der Waals surface area contributed by atoms with Gasteiger partial charge in [0.05, 0.1) is 18.3 Å². The zero-order valence-electron chi connectivity index (χ0n) is 21.8. The Hall–Kier alpha value is -3.90. The normalized spacial score (nSPS) is 16.2. The van der Waals surface area contributed by atoms with E-state index in [-0.39, 0.29) is 18.3 Å². The SMILES string of the molecule is O=C(O)c1cnn(-c2cccc(-c3ccccc3-c3ccc([C@H]4CCN(CCC(F)(F)F)C4)c(Cl)c3)n2)c1C(F)(F)F. The van der Waals surface area contributed by atoms with E-state index < -0.39 is 36.0 Å². The number of rotatable bonds is 7. The quantitative estimate of drug-likeness (QED) is 0.218. The van der Waals surface area contributed by atoms with Gasteiger partial charge in [0.15, 0.2) is 11.5 Å². The average Bonchev–Trinajstić information content (AvgIpc) is 3.60. The van der Waals surface area contributed by atoms with Gasteiger partial charge < -0.3 is 10.0 Å². The summed E-state index contributed by atoms with van der Waals surface area (Å²) in [7, 11) is 0. The molecule has 4 aromatic rings. The van der Waals surface area contributed by atoms with E-state index in [0.29, 0.717) is 57.8 Å². The van der Waals surface area contributed by atoms with E-state index in [2.05, 4.69) is 10.1 Å². The Bertz CT molecular complexity index is 1620. The summed E-state index contributed by atoms with van der Waals surface area (Å²) in [4.78, 5) is 17.6. The highest BCUT2D eigenvalue weighted by atomic mass is 35.5. The number of aromatic nitrogens is 3. The van der Waals surface area contributed by atoms with Crippen molar-refractivity contribution in [1.29, 1.82) is 0 Å². The summed E-state index contributed by atoms with van der Waals surface area (Å²) in [5, 5.41) is 13.3. The molecular formula is C29H23ClF6N4O2. The number of benzene rings is 2. The molecule has 220 valence electrons. The first kappa shape index (κ1) is 29.6. The van der Waals surface area contributed by atoms with Gasteiger partial charge in [-0.2, -0.15) is 31.4 Å². The molecule has 1 saturated heterocycles. The number of hydrogen-bond acceptors (Lipinski definition) is 4. The van der Waals surface area contributed by atoms with Crippen molar-refractivity contribution in [3.8, 4) is 28.2 Å². The van der Waals surface area contributed by atoms with E-state index >= 15 is 0 Å². The molecule has 2 aromatic heterocycles. The second kappa shape index (κ2) is 11.4. The van der Waals surface area contributed by atoms with Crippen molar-refractivity contribution in [2.45, 2.75) is 31.1 Å². The molecule has 6 nitrogen and oxygen atoms in total. The number of hydrogen-bond donors (Lipinski definition) is 1. The molecule has 3 heterocycles. The van der Waals surface area contributed by atoms with Gasteiger partial charge in [-0.1, -0.05) is 54.1 Å². The van der Waals surface area contributed by atoms with Crippen LogP contribution in [0.15, 0.2) is 66.9 Å². The summed E-state index contributed by atoms with van der Waals surface area (Å²) < 4.78 is 79.7. The number of carbonyl (C=O) groups is 1. The third kappa shape index (κ3) is 6.29. The maximum absolute atomic E-state index is 13.8. The molecule has 0 unspecified atom stereocenters. The van der Waals surface area contributed by atoms with Gasteiger partial charge in [0.25, 0.3) is 0 Å². The van der Waals surface area contributed by atoms with E-state index in [9.17, 15) is 36.2 Å². The first-order valence-corrected chi connectivity index (χ1v) is 13.2. The Balaban J connectivity index is 1.45. The van der Waals surface area contributed by atoms with Crippen LogP contribution < -0.4 is 0 Å². The summed E-state index contributed by atoms with van der Waals surface area (Å²) in [6.45, 7) is 0.957. The number of alkyl halides is 6. The lowest BCUT2D eigenvalue weighted by Gasteiger charge is -2.18. The molecule has 1 atom stereocenters. The third-order valence-corrected chi connectivity index (χ3v) is 7.49. The Morgan fingerprint density at radius 1 is 1.00 bits per heavy atom. The van der Waals surface area contributed by atoms with Crippen LogP contribution in [0.4, 0.5) is 26.3 Å². The van der Waals surface area contributed by atoms with Crippen molar-refractivity contribution >= 4 is 17.6 Å². The van der Waals surface area contributed by atoms with Crippen molar-refractivity contribution in [3.05, 3.63) is 88.7 Å². The predicted octanol–water partition coefficient (Wildman–Crippen LogP) is 7.71. The first-order valence-electron chi connectivity index (χ1n) is 12.9. The molecule has 0 radical (unpaired) electrons. The van der Waals surface area contributed by atoms with Crippen LogP contribution in [0.2, 0.25) is 5.02 Å².